The van der Waals surface area contributed by atoms with Gasteiger partial charge in [0.2, 0.25) is 0 Å². The first-order chi connectivity index (χ1) is 15.2. The Morgan fingerprint density at radius 3 is 2.50 bits per heavy atom. The fourth-order valence-corrected chi connectivity index (χ4v) is 3.22. The number of carbonyl (C=O) groups excluding carboxylic acids is 2. The summed E-state index contributed by atoms with van der Waals surface area (Å²) < 4.78 is 49.8. The van der Waals surface area contributed by atoms with Gasteiger partial charge in [0.05, 0.1) is 18.3 Å². The number of benzene rings is 2. The third kappa shape index (κ3) is 6.80. The predicted octanol–water partition coefficient (Wildman–Crippen LogP) is 4.87. The molecule has 9 heteroatoms. The maximum absolute atomic E-state index is 12.9. The van der Waals surface area contributed by atoms with Gasteiger partial charge in [0.15, 0.2) is 0 Å². The van der Waals surface area contributed by atoms with Crippen LogP contribution in [0.5, 0.6) is 0 Å². The second-order valence-corrected chi connectivity index (χ2v) is 7.57. The van der Waals surface area contributed by atoms with Crippen LogP contribution in [0.15, 0.2) is 48.5 Å². The van der Waals surface area contributed by atoms with Crippen molar-refractivity contribution in [2.45, 2.75) is 44.6 Å². The molecule has 2 amide bonds. The molecule has 1 aliphatic heterocycles. The van der Waals surface area contributed by atoms with Crippen LogP contribution in [-0.2, 0) is 20.4 Å². The Labute approximate surface area is 184 Å². The summed E-state index contributed by atoms with van der Waals surface area (Å²) in [7, 11) is 0. The number of ether oxygens (including phenoxy) is 2. The molecule has 32 heavy (non-hydrogen) atoms. The van der Waals surface area contributed by atoms with Gasteiger partial charge < -0.3 is 20.1 Å². The summed E-state index contributed by atoms with van der Waals surface area (Å²) in [5, 5.41) is 5.12. The molecule has 0 aliphatic carbocycles. The van der Waals surface area contributed by atoms with Gasteiger partial charge in [0.25, 0.3) is 11.8 Å². The number of halogens is 3. The quantitative estimate of drug-likeness (QED) is 0.631. The fourth-order valence-electron chi connectivity index (χ4n) is 3.22. The molecule has 2 aromatic carbocycles. The van der Waals surface area contributed by atoms with Gasteiger partial charge in [0, 0.05) is 23.5 Å². The van der Waals surface area contributed by atoms with Crippen LogP contribution < -0.4 is 10.6 Å². The summed E-state index contributed by atoms with van der Waals surface area (Å²) in [6, 6.07) is 10.5. The lowest BCUT2D eigenvalue weighted by molar-refractivity contribution is -0.137. The zero-order chi connectivity index (χ0) is 23.1. The molecule has 1 heterocycles. The predicted molar refractivity (Wildman–Crippen MR) is 113 cm³/mol. The third-order valence-electron chi connectivity index (χ3n) is 5.02. The number of carbonyl (C=O) groups is 2. The summed E-state index contributed by atoms with van der Waals surface area (Å²) in [4.78, 5) is 24.9. The van der Waals surface area contributed by atoms with Gasteiger partial charge in [-0.15, -0.1) is 0 Å². The number of hydrogen-bond acceptors (Lipinski definition) is 4. The first-order valence-electron chi connectivity index (χ1n) is 10.3. The Balaban J connectivity index is 1.57. The number of hydrogen-bond donors (Lipinski definition) is 2. The molecular formula is C23H25F3N2O4. The van der Waals surface area contributed by atoms with Crippen LogP contribution in [0, 0.1) is 0 Å². The van der Waals surface area contributed by atoms with Gasteiger partial charge in [-0.3, -0.25) is 9.59 Å². The second kappa shape index (κ2) is 10.6. The molecular weight excluding hydrogens is 425 g/mol. The molecule has 1 fully saturated rings. The van der Waals surface area contributed by atoms with Crippen molar-refractivity contribution in [3.8, 4) is 0 Å². The van der Waals surface area contributed by atoms with Gasteiger partial charge in [-0.25, -0.2) is 0 Å². The van der Waals surface area contributed by atoms with Gasteiger partial charge in [-0.05, 0) is 62.6 Å². The van der Waals surface area contributed by atoms with Gasteiger partial charge >= 0.3 is 6.18 Å². The molecule has 1 aliphatic rings. The van der Waals surface area contributed by atoms with Crippen molar-refractivity contribution in [1.29, 1.82) is 0 Å². The smallest absolute Gasteiger partial charge is 0.376 e. The molecule has 2 atom stereocenters. The zero-order valence-corrected chi connectivity index (χ0v) is 17.6. The van der Waals surface area contributed by atoms with Gasteiger partial charge in [0.1, 0.15) is 6.10 Å². The molecule has 2 N–H and O–H groups in total. The Hall–Kier alpha value is -2.91. The van der Waals surface area contributed by atoms with Crippen LogP contribution in [0.2, 0.25) is 0 Å². The van der Waals surface area contributed by atoms with E-state index >= 15 is 0 Å². The molecule has 6 nitrogen and oxygen atoms in total. The first-order valence-corrected chi connectivity index (χ1v) is 10.3. The van der Waals surface area contributed by atoms with Crippen LogP contribution in [0.3, 0.4) is 0 Å². The van der Waals surface area contributed by atoms with Crippen LogP contribution in [0.1, 0.15) is 42.1 Å². The lowest BCUT2D eigenvalue weighted by Gasteiger charge is -2.23. The molecule has 0 radical (unpaired) electrons. The number of amides is 2. The van der Waals surface area contributed by atoms with Gasteiger partial charge in [-0.2, -0.15) is 13.2 Å². The average Bonchev–Trinajstić information content (AvgIpc) is 2.78. The van der Waals surface area contributed by atoms with Crippen molar-refractivity contribution in [2.75, 3.05) is 23.8 Å². The van der Waals surface area contributed by atoms with Crippen molar-refractivity contribution in [3.63, 3.8) is 0 Å². The summed E-state index contributed by atoms with van der Waals surface area (Å²) >= 11 is 0. The molecule has 172 valence electrons. The topological polar surface area (TPSA) is 76.7 Å². The SMILES string of the molecule is CC(OCC1CCCCO1)C(=O)Nc1cccc(C(=O)Nc2cccc(C(F)(F)F)c2)c1. The summed E-state index contributed by atoms with van der Waals surface area (Å²) in [6.07, 6.45) is -2.23. The van der Waals surface area contributed by atoms with E-state index in [1.54, 1.807) is 19.1 Å². The minimum absolute atomic E-state index is 0.0122. The largest absolute Gasteiger partial charge is 0.416 e. The number of rotatable bonds is 7. The van der Waals surface area contributed by atoms with Gasteiger partial charge in [-0.1, -0.05) is 12.1 Å². The minimum atomic E-state index is -4.51. The third-order valence-corrected chi connectivity index (χ3v) is 5.02. The minimum Gasteiger partial charge on any atom is -0.376 e. The highest BCUT2D eigenvalue weighted by molar-refractivity contribution is 6.05. The Morgan fingerprint density at radius 1 is 1.09 bits per heavy atom. The van der Waals surface area contributed by atoms with E-state index < -0.39 is 23.8 Å². The maximum Gasteiger partial charge on any atom is 0.416 e. The van der Waals surface area contributed by atoms with E-state index in [2.05, 4.69) is 10.6 Å². The standard InChI is InChI=1S/C23H25F3N2O4/c1-15(32-14-20-10-2-3-11-31-20)21(29)27-18-8-4-6-16(12-18)22(30)28-19-9-5-7-17(13-19)23(24,25)26/h4-9,12-13,15,20H,2-3,10-11,14H2,1H3,(H,27,29)(H,28,30). The van der Waals surface area contributed by atoms with E-state index in [0.29, 0.717) is 18.9 Å². The van der Waals surface area contributed by atoms with E-state index in [1.165, 1.54) is 24.3 Å². The van der Waals surface area contributed by atoms with Crippen molar-refractivity contribution >= 4 is 23.2 Å². The highest BCUT2D eigenvalue weighted by Gasteiger charge is 2.30. The lowest BCUT2D eigenvalue weighted by atomic mass is 10.1. The van der Waals surface area contributed by atoms with Crippen LogP contribution in [0.25, 0.3) is 0 Å². The molecule has 0 spiro atoms. The fraction of sp³-hybridized carbons (Fsp3) is 0.391. The molecule has 2 aromatic rings. The summed E-state index contributed by atoms with van der Waals surface area (Å²) in [6.45, 7) is 2.65. The second-order valence-electron chi connectivity index (χ2n) is 7.57. The van der Waals surface area contributed by atoms with E-state index in [0.717, 1.165) is 31.4 Å². The lowest BCUT2D eigenvalue weighted by Crippen LogP contribution is -2.32. The number of anilines is 2. The maximum atomic E-state index is 12.9. The first kappa shape index (κ1) is 23.7. The van der Waals surface area contributed by atoms with E-state index in [4.69, 9.17) is 9.47 Å². The number of alkyl halides is 3. The van der Waals surface area contributed by atoms with E-state index in [9.17, 15) is 22.8 Å². The average molecular weight is 450 g/mol. The van der Waals surface area contributed by atoms with Crippen LogP contribution >= 0.6 is 0 Å². The van der Waals surface area contributed by atoms with E-state index in [-0.39, 0.29) is 23.3 Å². The monoisotopic (exact) mass is 450 g/mol. The summed E-state index contributed by atoms with van der Waals surface area (Å²) in [5.41, 5.74) is -0.282. The Bertz CT molecular complexity index is 943. The summed E-state index contributed by atoms with van der Waals surface area (Å²) in [5.74, 6) is -0.976. The van der Waals surface area contributed by atoms with E-state index in [1.807, 2.05) is 0 Å². The van der Waals surface area contributed by atoms with Crippen LogP contribution in [0.4, 0.5) is 24.5 Å². The van der Waals surface area contributed by atoms with Crippen molar-refractivity contribution in [3.05, 3.63) is 59.7 Å². The van der Waals surface area contributed by atoms with Crippen molar-refractivity contribution in [2.24, 2.45) is 0 Å². The molecule has 0 saturated carbocycles. The Kier molecular flexibility index (Phi) is 7.87. The van der Waals surface area contributed by atoms with Crippen molar-refractivity contribution in [1.82, 2.24) is 0 Å². The molecule has 3 rings (SSSR count). The highest BCUT2D eigenvalue weighted by atomic mass is 19.4. The number of nitrogens with one attached hydrogen (secondary N) is 2. The van der Waals surface area contributed by atoms with Crippen molar-refractivity contribution < 1.29 is 32.2 Å². The molecule has 0 bridgehead atoms. The highest BCUT2D eigenvalue weighted by Crippen LogP contribution is 2.30. The normalized spacial score (nSPS) is 17.4. The zero-order valence-electron chi connectivity index (χ0n) is 17.6. The Morgan fingerprint density at radius 2 is 1.81 bits per heavy atom. The molecule has 0 aromatic heterocycles. The van der Waals surface area contributed by atoms with Crippen LogP contribution in [-0.4, -0.2) is 37.2 Å². The molecule has 1 saturated heterocycles. The molecule has 2 unspecified atom stereocenters.